The third-order valence-corrected chi connectivity index (χ3v) is 2.11. The van der Waals surface area contributed by atoms with Crippen molar-refractivity contribution in [2.24, 2.45) is 0 Å². The van der Waals surface area contributed by atoms with E-state index in [1.54, 1.807) is 7.11 Å². The maximum Gasteiger partial charge on any atom is 0.170 e. The van der Waals surface area contributed by atoms with Crippen LogP contribution >= 0.6 is 12.2 Å². The zero-order valence-corrected chi connectivity index (χ0v) is 9.86. The second kappa shape index (κ2) is 6.37. The molecule has 2 N–H and O–H groups in total. The Bertz CT molecular complexity index is 328. The second-order valence-corrected chi connectivity index (χ2v) is 3.65. The SMILES string of the molecule is COCCNC(=S)Nc1cccc(C)c1. The Kier molecular flexibility index (Phi) is 5.07. The normalized spacial score (nSPS) is 9.73. The van der Waals surface area contributed by atoms with Crippen LogP contribution in [0.5, 0.6) is 0 Å². The number of ether oxygens (including phenoxy) is 1. The number of benzene rings is 1. The molecule has 0 atom stereocenters. The van der Waals surface area contributed by atoms with Crippen LogP contribution in [0.15, 0.2) is 24.3 Å². The summed E-state index contributed by atoms with van der Waals surface area (Å²) in [5.74, 6) is 0. The topological polar surface area (TPSA) is 33.3 Å². The molecule has 0 unspecified atom stereocenters. The third-order valence-electron chi connectivity index (χ3n) is 1.87. The minimum absolute atomic E-state index is 0.623. The van der Waals surface area contributed by atoms with E-state index in [0.29, 0.717) is 18.3 Å². The molecule has 0 aliphatic rings. The Hall–Kier alpha value is -1.13. The van der Waals surface area contributed by atoms with Gasteiger partial charge in [0.2, 0.25) is 0 Å². The first-order chi connectivity index (χ1) is 7.22. The summed E-state index contributed by atoms with van der Waals surface area (Å²) >= 11 is 5.11. The molecule has 0 radical (unpaired) electrons. The van der Waals surface area contributed by atoms with Gasteiger partial charge in [0, 0.05) is 19.3 Å². The number of anilines is 1. The average molecular weight is 224 g/mol. The van der Waals surface area contributed by atoms with Crippen molar-refractivity contribution in [1.29, 1.82) is 0 Å². The Labute approximate surface area is 95.8 Å². The van der Waals surface area contributed by atoms with Gasteiger partial charge in [-0.25, -0.2) is 0 Å². The van der Waals surface area contributed by atoms with E-state index in [1.807, 2.05) is 31.2 Å². The van der Waals surface area contributed by atoms with Gasteiger partial charge < -0.3 is 15.4 Å². The predicted molar refractivity (Wildman–Crippen MR) is 67.3 cm³/mol. The molecule has 0 aliphatic heterocycles. The zero-order chi connectivity index (χ0) is 11.1. The van der Waals surface area contributed by atoms with Gasteiger partial charge >= 0.3 is 0 Å². The first-order valence-electron chi connectivity index (χ1n) is 4.83. The van der Waals surface area contributed by atoms with Gasteiger partial charge in [0.15, 0.2) is 5.11 Å². The fourth-order valence-corrected chi connectivity index (χ4v) is 1.38. The molecule has 0 amide bonds. The van der Waals surface area contributed by atoms with Crippen LogP contribution in [0.4, 0.5) is 5.69 Å². The van der Waals surface area contributed by atoms with E-state index >= 15 is 0 Å². The van der Waals surface area contributed by atoms with Crippen molar-refractivity contribution < 1.29 is 4.74 Å². The van der Waals surface area contributed by atoms with E-state index < -0.39 is 0 Å². The molecule has 1 aromatic carbocycles. The molecule has 0 heterocycles. The highest BCUT2D eigenvalue weighted by atomic mass is 32.1. The van der Waals surface area contributed by atoms with Crippen LogP contribution in [0.1, 0.15) is 5.56 Å². The van der Waals surface area contributed by atoms with Gasteiger partial charge in [-0.3, -0.25) is 0 Å². The lowest BCUT2D eigenvalue weighted by molar-refractivity contribution is 0.204. The summed E-state index contributed by atoms with van der Waals surface area (Å²) in [7, 11) is 1.67. The Morgan fingerprint density at radius 2 is 2.27 bits per heavy atom. The summed E-state index contributed by atoms with van der Waals surface area (Å²) in [6.45, 7) is 3.41. The molecule has 0 spiro atoms. The molecule has 0 bridgehead atoms. The molecule has 3 nitrogen and oxygen atoms in total. The Morgan fingerprint density at radius 1 is 1.47 bits per heavy atom. The molecule has 4 heteroatoms. The lowest BCUT2D eigenvalue weighted by atomic mass is 10.2. The molecule has 0 saturated heterocycles. The molecule has 0 aliphatic carbocycles. The fraction of sp³-hybridized carbons (Fsp3) is 0.364. The third kappa shape index (κ3) is 4.76. The van der Waals surface area contributed by atoms with Crippen LogP contribution < -0.4 is 10.6 Å². The Balaban J connectivity index is 2.37. The van der Waals surface area contributed by atoms with Gasteiger partial charge in [0.25, 0.3) is 0 Å². The van der Waals surface area contributed by atoms with Crippen molar-refractivity contribution in [2.45, 2.75) is 6.92 Å². The van der Waals surface area contributed by atoms with Gasteiger partial charge in [-0.2, -0.15) is 0 Å². The highest BCUT2D eigenvalue weighted by Crippen LogP contribution is 2.08. The number of aryl methyl sites for hydroxylation is 1. The van der Waals surface area contributed by atoms with E-state index in [2.05, 4.69) is 10.6 Å². The summed E-state index contributed by atoms with van der Waals surface area (Å²) in [6, 6.07) is 8.07. The number of hydrogen-bond donors (Lipinski definition) is 2. The van der Waals surface area contributed by atoms with Crippen molar-refractivity contribution in [3.8, 4) is 0 Å². The van der Waals surface area contributed by atoms with Crippen LogP contribution in [-0.2, 0) is 4.74 Å². The van der Waals surface area contributed by atoms with Crippen LogP contribution in [0.2, 0.25) is 0 Å². The lowest BCUT2D eigenvalue weighted by Gasteiger charge is -2.10. The highest BCUT2D eigenvalue weighted by Gasteiger charge is 1.96. The maximum absolute atomic E-state index is 5.11. The minimum Gasteiger partial charge on any atom is -0.383 e. The molecule has 0 aromatic heterocycles. The highest BCUT2D eigenvalue weighted by molar-refractivity contribution is 7.80. The number of rotatable bonds is 4. The van der Waals surface area contributed by atoms with Gasteiger partial charge in [0.1, 0.15) is 0 Å². The van der Waals surface area contributed by atoms with E-state index in [1.165, 1.54) is 5.56 Å². The molecule has 0 saturated carbocycles. The van der Waals surface area contributed by atoms with E-state index in [0.717, 1.165) is 5.69 Å². The largest absolute Gasteiger partial charge is 0.383 e. The van der Waals surface area contributed by atoms with Gasteiger partial charge in [-0.05, 0) is 36.8 Å². The first kappa shape index (κ1) is 11.9. The summed E-state index contributed by atoms with van der Waals surface area (Å²) in [6.07, 6.45) is 0. The molecule has 1 rings (SSSR count). The maximum atomic E-state index is 5.11. The molecule has 15 heavy (non-hydrogen) atoms. The minimum atomic E-state index is 0.623. The summed E-state index contributed by atoms with van der Waals surface area (Å²) in [5.41, 5.74) is 2.21. The van der Waals surface area contributed by atoms with Crippen molar-refractivity contribution in [3.05, 3.63) is 29.8 Å². The molecule has 82 valence electrons. The van der Waals surface area contributed by atoms with Crippen LogP contribution in [0.25, 0.3) is 0 Å². The standard InChI is InChI=1S/C11H16N2OS/c1-9-4-3-5-10(8-9)13-11(15)12-6-7-14-2/h3-5,8H,6-7H2,1-2H3,(H2,12,13,15). The second-order valence-electron chi connectivity index (χ2n) is 3.24. The number of methoxy groups -OCH3 is 1. The summed E-state index contributed by atoms with van der Waals surface area (Å²) in [5, 5.41) is 6.78. The van der Waals surface area contributed by atoms with Gasteiger partial charge in [0.05, 0.1) is 6.61 Å². The zero-order valence-electron chi connectivity index (χ0n) is 9.04. The van der Waals surface area contributed by atoms with Gasteiger partial charge in [-0.15, -0.1) is 0 Å². The molecular weight excluding hydrogens is 208 g/mol. The summed E-state index contributed by atoms with van der Waals surface area (Å²) < 4.78 is 4.91. The number of thiocarbonyl (C=S) groups is 1. The van der Waals surface area contributed by atoms with Gasteiger partial charge in [-0.1, -0.05) is 12.1 Å². The first-order valence-corrected chi connectivity index (χ1v) is 5.23. The predicted octanol–water partition coefficient (Wildman–Crippen LogP) is 1.93. The smallest absolute Gasteiger partial charge is 0.170 e. The lowest BCUT2D eigenvalue weighted by Crippen LogP contribution is -2.31. The van der Waals surface area contributed by atoms with E-state index in [-0.39, 0.29) is 0 Å². The fourth-order valence-electron chi connectivity index (χ4n) is 1.16. The molecular formula is C11H16N2OS. The van der Waals surface area contributed by atoms with Crippen molar-refractivity contribution >= 4 is 23.0 Å². The summed E-state index contributed by atoms with van der Waals surface area (Å²) in [4.78, 5) is 0. The monoisotopic (exact) mass is 224 g/mol. The van der Waals surface area contributed by atoms with E-state index in [9.17, 15) is 0 Å². The van der Waals surface area contributed by atoms with Crippen molar-refractivity contribution in [3.63, 3.8) is 0 Å². The van der Waals surface area contributed by atoms with Crippen LogP contribution in [0.3, 0.4) is 0 Å². The average Bonchev–Trinajstić information content (AvgIpc) is 2.18. The number of nitrogens with one attached hydrogen (secondary N) is 2. The van der Waals surface area contributed by atoms with Crippen LogP contribution in [0, 0.1) is 6.92 Å². The van der Waals surface area contributed by atoms with Crippen molar-refractivity contribution in [1.82, 2.24) is 5.32 Å². The van der Waals surface area contributed by atoms with Crippen molar-refractivity contribution in [2.75, 3.05) is 25.6 Å². The number of hydrogen-bond acceptors (Lipinski definition) is 2. The van der Waals surface area contributed by atoms with Crippen LogP contribution in [-0.4, -0.2) is 25.4 Å². The van der Waals surface area contributed by atoms with E-state index in [4.69, 9.17) is 17.0 Å². The Morgan fingerprint density at radius 3 is 2.93 bits per heavy atom. The molecule has 0 fully saturated rings. The molecule has 1 aromatic rings. The quantitative estimate of drug-likeness (QED) is 0.605.